The van der Waals surface area contributed by atoms with E-state index in [2.05, 4.69) is 35.8 Å². The van der Waals surface area contributed by atoms with Crippen molar-refractivity contribution in [3.63, 3.8) is 0 Å². The Hall–Kier alpha value is -2.64. The van der Waals surface area contributed by atoms with Gasteiger partial charge < -0.3 is 5.32 Å². The highest BCUT2D eigenvalue weighted by molar-refractivity contribution is 6.01. The van der Waals surface area contributed by atoms with Crippen LogP contribution >= 0.6 is 0 Å². The van der Waals surface area contributed by atoms with Crippen molar-refractivity contribution in [2.24, 2.45) is 0 Å². The summed E-state index contributed by atoms with van der Waals surface area (Å²) < 4.78 is 0. The van der Waals surface area contributed by atoms with E-state index in [1.165, 1.54) is 18.6 Å². The molecular weight excluding hydrogens is 234 g/mol. The highest BCUT2D eigenvalue weighted by atomic mass is 16.2. The minimum absolute atomic E-state index is 0.123. The van der Waals surface area contributed by atoms with Crippen molar-refractivity contribution in [2.45, 2.75) is 6.92 Å². The van der Waals surface area contributed by atoms with Gasteiger partial charge in [-0.3, -0.25) is 15.1 Å². The van der Waals surface area contributed by atoms with E-state index in [0.29, 0.717) is 12.4 Å². The SMILES string of the molecule is CCNc1cncc(C(=O)Nc2nccnn2)n1. The third-order valence-corrected chi connectivity index (χ3v) is 1.93. The molecule has 2 aromatic heterocycles. The first-order chi connectivity index (χ1) is 8.79. The molecule has 8 heteroatoms. The van der Waals surface area contributed by atoms with Crippen LogP contribution in [0.4, 0.5) is 11.8 Å². The maximum Gasteiger partial charge on any atom is 0.278 e. The molecule has 0 aliphatic carbocycles. The first-order valence-corrected chi connectivity index (χ1v) is 5.30. The molecule has 0 spiro atoms. The predicted molar refractivity (Wildman–Crippen MR) is 64.0 cm³/mol. The summed E-state index contributed by atoms with van der Waals surface area (Å²) in [5.74, 6) is 0.227. The quantitative estimate of drug-likeness (QED) is 0.800. The van der Waals surface area contributed by atoms with Gasteiger partial charge in [-0.25, -0.2) is 9.97 Å². The minimum Gasteiger partial charge on any atom is -0.369 e. The molecule has 2 aromatic rings. The van der Waals surface area contributed by atoms with E-state index in [9.17, 15) is 4.79 Å². The molecule has 92 valence electrons. The molecule has 8 nitrogen and oxygen atoms in total. The fourth-order valence-electron chi connectivity index (χ4n) is 1.21. The summed E-state index contributed by atoms with van der Waals surface area (Å²) in [6.45, 7) is 2.63. The summed E-state index contributed by atoms with van der Waals surface area (Å²) in [5, 5.41) is 12.7. The molecule has 0 fully saturated rings. The molecule has 2 N–H and O–H groups in total. The van der Waals surface area contributed by atoms with Gasteiger partial charge in [0.15, 0.2) is 0 Å². The maximum absolute atomic E-state index is 11.8. The Morgan fingerprint density at radius 1 is 1.33 bits per heavy atom. The summed E-state index contributed by atoms with van der Waals surface area (Å²) >= 11 is 0. The molecule has 2 rings (SSSR count). The molecular formula is C10H11N7O. The van der Waals surface area contributed by atoms with Crippen LogP contribution < -0.4 is 10.6 Å². The monoisotopic (exact) mass is 245 g/mol. The van der Waals surface area contributed by atoms with Crippen molar-refractivity contribution in [2.75, 3.05) is 17.2 Å². The molecule has 0 bridgehead atoms. The van der Waals surface area contributed by atoms with Gasteiger partial charge in [-0.05, 0) is 6.92 Å². The minimum atomic E-state index is -0.435. The zero-order chi connectivity index (χ0) is 12.8. The lowest BCUT2D eigenvalue weighted by atomic mass is 10.4. The van der Waals surface area contributed by atoms with Gasteiger partial charge in [0.2, 0.25) is 5.95 Å². The van der Waals surface area contributed by atoms with Gasteiger partial charge in [0.1, 0.15) is 11.5 Å². The summed E-state index contributed by atoms with van der Waals surface area (Å²) in [4.78, 5) is 23.7. The van der Waals surface area contributed by atoms with E-state index in [1.807, 2.05) is 6.92 Å². The molecule has 0 aromatic carbocycles. The number of nitrogens with one attached hydrogen (secondary N) is 2. The fourth-order valence-corrected chi connectivity index (χ4v) is 1.21. The van der Waals surface area contributed by atoms with Crippen molar-refractivity contribution < 1.29 is 4.79 Å². The molecule has 0 aliphatic rings. The van der Waals surface area contributed by atoms with E-state index < -0.39 is 5.91 Å². The third kappa shape index (κ3) is 2.94. The van der Waals surface area contributed by atoms with Crippen LogP contribution in [0.2, 0.25) is 0 Å². The summed E-state index contributed by atoms with van der Waals surface area (Å²) in [5.41, 5.74) is 0.181. The largest absolute Gasteiger partial charge is 0.369 e. The zero-order valence-corrected chi connectivity index (χ0v) is 9.66. The van der Waals surface area contributed by atoms with Crippen LogP contribution in [0.25, 0.3) is 0 Å². The number of aromatic nitrogens is 5. The average molecular weight is 245 g/mol. The van der Waals surface area contributed by atoms with E-state index in [4.69, 9.17) is 0 Å². The number of hydrogen-bond donors (Lipinski definition) is 2. The van der Waals surface area contributed by atoms with Gasteiger partial charge in [0.25, 0.3) is 5.91 Å². The molecule has 0 unspecified atom stereocenters. The second kappa shape index (κ2) is 5.62. The lowest BCUT2D eigenvalue weighted by molar-refractivity contribution is 0.102. The number of anilines is 2. The van der Waals surface area contributed by atoms with E-state index >= 15 is 0 Å². The van der Waals surface area contributed by atoms with Crippen LogP contribution in [-0.2, 0) is 0 Å². The molecule has 0 aliphatic heterocycles. The molecule has 0 atom stereocenters. The Balaban J connectivity index is 2.11. The second-order valence-electron chi connectivity index (χ2n) is 3.24. The molecule has 2 heterocycles. The first-order valence-electron chi connectivity index (χ1n) is 5.30. The maximum atomic E-state index is 11.8. The van der Waals surface area contributed by atoms with Gasteiger partial charge in [0.05, 0.1) is 24.8 Å². The number of carbonyl (C=O) groups excluding carboxylic acids is 1. The molecule has 18 heavy (non-hydrogen) atoms. The van der Waals surface area contributed by atoms with Crippen LogP contribution in [0.3, 0.4) is 0 Å². The lowest BCUT2D eigenvalue weighted by Crippen LogP contribution is -2.17. The number of amides is 1. The van der Waals surface area contributed by atoms with E-state index in [1.54, 1.807) is 6.20 Å². The van der Waals surface area contributed by atoms with Crippen LogP contribution in [-0.4, -0.2) is 37.6 Å². The summed E-state index contributed by atoms with van der Waals surface area (Å²) in [7, 11) is 0. The van der Waals surface area contributed by atoms with Crippen molar-refractivity contribution in [1.82, 2.24) is 25.1 Å². The molecule has 0 radical (unpaired) electrons. The van der Waals surface area contributed by atoms with Gasteiger partial charge in [0, 0.05) is 6.54 Å². The molecule has 0 saturated heterocycles. The van der Waals surface area contributed by atoms with Crippen LogP contribution in [0, 0.1) is 0 Å². The standard InChI is InChI=1S/C10H11N7O/c1-2-12-8-6-11-5-7(15-8)9(18)16-10-13-3-4-14-17-10/h3-6H,2H2,1H3,(H,12,15)(H,13,16,17,18). The van der Waals surface area contributed by atoms with Crippen molar-refractivity contribution in [1.29, 1.82) is 0 Å². The normalized spacial score (nSPS) is 9.83. The summed E-state index contributed by atoms with van der Waals surface area (Å²) in [6, 6.07) is 0. The third-order valence-electron chi connectivity index (χ3n) is 1.93. The smallest absolute Gasteiger partial charge is 0.278 e. The van der Waals surface area contributed by atoms with E-state index in [0.717, 1.165) is 0 Å². The molecule has 1 amide bonds. The second-order valence-corrected chi connectivity index (χ2v) is 3.24. The van der Waals surface area contributed by atoms with Crippen molar-refractivity contribution in [3.8, 4) is 0 Å². The Kier molecular flexibility index (Phi) is 3.69. The summed E-state index contributed by atoms with van der Waals surface area (Å²) in [6.07, 6.45) is 5.76. The number of carbonyl (C=O) groups is 1. The van der Waals surface area contributed by atoms with Gasteiger partial charge in [-0.15, -0.1) is 5.10 Å². The Morgan fingerprint density at radius 2 is 2.22 bits per heavy atom. The number of rotatable bonds is 4. The first kappa shape index (κ1) is 11.8. The Bertz CT molecular complexity index is 531. The van der Waals surface area contributed by atoms with Gasteiger partial charge in [-0.1, -0.05) is 0 Å². The van der Waals surface area contributed by atoms with Crippen LogP contribution in [0.15, 0.2) is 24.8 Å². The van der Waals surface area contributed by atoms with Crippen molar-refractivity contribution >= 4 is 17.7 Å². The molecule has 0 saturated carbocycles. The van der Waals surface area contributed by atoms with Crippen LogP contribution in [0.1, 0.15) is 17.4 Å². The van der Waals surface area contributed by atoms with Gasteiger partial charge in [-0.2, -0.15) is 5.10 Å². The van der Waals surface area contributed by atoms with Crippen molar-refractivity contribution in [3.05, 3.63) is 30.5 Å². The average Bonchev–Trinajstić information content (AvgIpc) is 2.40. The zero-order valence-electron chi connectivity index (χ0n) is 9.66. The van der Waals surface area contributed by atoms with Crippen LogP contribution in [0.5, 0.6) is 0 Å². The topological polar surface area (TPSA) is 106 Å². The Labute approximate surface area is 103 Å². The lowest BCUT2D eigenvalue weighted by Gasteiger charge is -2.04. The highest BCUT2D eigenvalue weighted by Crippen LogP contribution is 2.03. The highest BCUT2D eigenvalue weighted by Gasteiger charge is 2.10. The number of nitrogens with zero attached hydrogens (tertiary/aromatic N) is 5. The van der Waals surface area contributed by atoms with Gasteiger partial charge >= 0.3 is 0 Å². The fraction of sp³-hybridized carbons (Fsp3) is 0.200. The Morgan fingerprint density at radius 3 is 2.94 bits per heavy atom. The van der Waals surface area contributed by atoms with E-state index in [-0.39, 0.29) is 11.6 Å². The number of hydrogen-bond acceptors (Lipinski definition) is 7. The predicted octanol–water partition coefficient (Wildman–Crippen LogP) is 0.346.